The third-order valence-electron chi connectivity index (χ3n) is 4.66. The van der Waals surface area contributed by atoms with Gasteiger partial charge in [-0.2, -0.15) is 0 Å². The predicted octanol–water partition coefficient (Wildman–Crippen LogP) is 6.65. The van der Waals surface area contributed by atoms with Gasteiger partial charge in [-0.1, -0.05) is 59.1 Å². The van der Waals surface area contributed by atoms with Crippen LogP contribution in [-0.4, -0.2) is 22.4 Å². The second-order valence-corrected chi connectivity index (χ2v) is 7.79. The van der Waals surface area contributed by atoms with Gasteiger partial charge >= 0.3 is 0 Å². The quantitative estimate of drug-likeness (QED) is 0.317. The summed E-state index contributed by atoms with van der Waals surface area (Å²) >= 11 is 18.7. The highest BCUT2D eigenvalue weighted by Crippen LogP contribution is 2.38. The Morgan fingerprint density at radius 3 is 2.48 bits per heavy atom. The van der Waals surface area contributed by atoms with E-state index in [1.54, 1.807) is 24.4 Å². The van der Waals surface area contributed by atoms with E-state index in [1.165, 1.54) is 0 Å². The molecular weight excluding hydrogens is 476 g/mol. The molecule has 31 heavy (non-hydrogen) atoms. The number of amides is 1. The second-order valence-electron chi connectivity index (χ2n) is 6.62. The van der Waals surface area contributed by atoms with Crippen molar-refractivity contribution >= 4 is 64.0 Å². The van der Waals surface area contributed by atoms with Crippen LogP contribution >= 0.6 is 47.2 Å². The standard InChI is InChI=1S/C23H16Cl3N3O.ClH/c24-18-9-8-16(21(25)22(18)26)20-13-17(15-6-1-2-7-19(15)29-20)23(30)28-12-10-14-5-3-4-11-27-14;/h1-9,11,13H,10,12H2,(H,28,30);1H. The molecule has 0 bridgehead atoms. The fraction of sp³-hybridized carbons (Fsp3) is 0.0870. The Morgan fingerprint density at radius 1 is 0.935 bits per heavy atom. The van der Waals surface area contributed by atoms with Crippen molar-refractivity contribution in [1.82, 2.24) is 15.3 Å². The van der Waals surface area contributed by atoms with E-state index in [9.17, 15) is 4.79 Å². The maximum atomic E-state index is 13.0. The van der Waals surface area contributed by atoms with Crippen molar-refractivity contribution in [3.63, 3.8) is 0 Å². The van der Waals surface area contributed by atoms with Crippen LogP contribution in [0.25, 0.3) is 22.2 Å². The molecule has 158 valence electrons. The number of fused-ring (bicyclic) bond motifs is 1. The zero-order valence-electron chi connectivity index (χ0n) is 16.1. The molecule has 0 saturated heterocycles. The Hall–Kier alpha value is -2.37. The molecule has 0 radical (unpaired) electrons. The van der Waals surface area contributed by atoms with Crippen molar-refractivity contribution < 1.29 is 4.79 Å². The number of aromatic nitrogens is 2. The number of rotatable bonds is 5. The van der Waals surface area contributed by atoms with Crippen LogP contribution in [0.1, 0.15) is 16.1 Å². The molecule has 2 aromatic heterocycles. The molecule has 2 heterocycles. The van der Waals surface area contributed by atoms with Gasteiger partial charge in [0, 0.05) is 35.8 Å². The summed E-state index contributed by atoms with van der Waals surface area (Å²) in [6, 6.07) is 18.3. The minimum atomic E-state index is -0.193. The third-order valence-corrected chi connectivity index (χ3v) is 5.96. The van der Waals surface area contributed by atoms with Crippen LogP contribution in [-0.2, 0) is 6.42 Å². The first kappa shape index (κ1) is 23.3. The number of carbonyl (C=O) groups excluding carboxylic acids is 1. The highest BCUT2D eigenvalue weighted by molar-refractivity contribution is 6.49. The molecule has 1 N–H and O–H groups in total. The van der Waals surface area contributed by atoms with Crippen LogP contribution in [0.4, 0.5) is 0 Å². The molecule has 0 fully saturated rings. The smallest absolute Gasteiger partial charge is 0.252 e. The van der Waals surface area contributed by atoms with E-state index >= 15 is 0 Å². The van der Waals surface area contributed by atoms with E-state index in [1.807, 2.05) is 42.5 Å². The number of para-hydroxylation sites is 1. The topological polar surface area (TPSA) is 54.9 Å². The molecule has 0 aliphatic heterocycles. The van der Waals surface area contributed by atoms with Gasteiger partial charge in [0.1, 0.15) is 0 Å². The number of benzene rings is 2. The predicted molar refractivity (Wildman–Crippen MR) is 130 cm³/mol. The molecule has 2 aromatic carbocycles. The number of nitrogens with one attached hydrogen (secondary N) is 1. The van der Waals surface area contributed by atoms with Gasteiger partial charge in [0.05, 0.1) is 31.8 Å². The van der Waals surface area contributed by atoms with E-state index in [-0.39, 0.29) is 23.3 Å². The molecule has 0 spiro atoms. The van der Waals surface area contributed by atoms with Gasteiger partial charge in [0.25, 0.3) is 5.91 Å². The summed E-state index contributed by atoms with van der Waals surface area (Å²) in [6.45, 7) is 0.468. The zero-order valence-corrected chi connectivity index (χ0v) is 19.2. The van der Waals surface area contributed by atoms with Gasteiger partial charge in [-0.25, -0.2) is 4.98 Å². The van der Waals surface area contributed by atoms with Gasteiger partial charge in [0.15, 0.2) is 0 Å². The number of carbonyl (C=O) groups is 1. The number of hydrogen-bond acceptors (Lipinski definition) is 3. The number of halogens is 4. The van der Waals surface area contributed by atoms with Crippen molar-refractivity contribution in [2.75, 3.05) is 6.54 Å². The molecule has 0 unspecified atom stereocenters. The van der Waals surface area contributed by atoms with E-state index in [0.717, 1.165) is 11.1 Å². The lowest BCUT2D eigenvalue weighted by Crippen LogP contribution is -2.26. The first-order valence-corrected chi connectivity index (χ1v) is 10.4. The van der Waals surface area contributed by atoms with E-state index < -0.39 is 0 Å². The molecule has 1 amide bonds. The summed E-state index contributed by atoms with van der Waals surface area (Å²) in [5.41, 5.74) is 3.28. The molecule has 0 aliphatic rings. The van der Waals surface area contributed by atoms with Crippen molar-refractivity contribution in [2.24, 2.45) is 0 Å². The van der Waals surface area contributed by atoms with Crippen LogP contribution in [0.5, 0.6) is 0 Å². The van der Waals surface area contributed by atoms with Crippen molar-refractivity contribution in [3.8, 4) is 11.3 Å². The first-order valence-electron chi connectivity index (χ1n) is 9.26. The maximum Gasteiger partial charge on any atom is 0.252 e. The van der Waals surface area contributed by atoms with Gasteiger partial charge in [-0.15, -0.1) is 12.4 Å². The van der Waals surface area contributed by atoms with Crippen molar-refractivity contribution in [2.45, 2.75) is 6.42 Å². The maximum absolute atomic E-state index is 13.0. The van der Waals surface area contributed by atoms with Crippen LogP contribution in [0, 0.1) is 0 Å². The molecule has 0 aliphatic carbocycles. The normalized spacial score (nSPS) is 10.5. The van der Waals surface area contributed by atoms with Crippen molar-refractivity contribution in [3.05, 3.63) is 93.2 Å². The zero-order chi connectivity index (χ0) is 21.1. The Labute approximate surface area is 201 Å². The van der Waals surface area contributed by atoms with Gasteiger partial charge in [0.2, 0.25) is 0 Å². The lowest BCUT2D eigenvalue weighted by Gasteiger charge is -2.12. The minimum Gasteiger partial charge on any atom is -0.352 e. The second kappa shape index (κ2) is 10.3. The van der Waals surface area contributed by atoms with E-state index in [0.29, 0.717) is 45.3 Å². The summed E-state index contributed by atoms with van der Waals surface area (Å²) in [4.78, 5) is 21.9. The largest absolute Gasteiger partial charge is 0.352 e. The molecular formula is C23H17Cl4N3O. The Kier molecular flexibility index (Phi) is 7.74. The number of nitrogens with zero attached hydrogens (tertiary/aromatic N) is 2. The average molecular weight is 493 g/mol. The third kappa shape index (κ3) is 5.10. The summed E-state index contributed by atoms with van der Waals surface area (Å²) in [6.07, 6.45) is 2.38. The highest BCUT2D eigenvalue weighted by atomic mass is 35.5. The van der Waals surface area contributed by atoms with Crippen LogP contribution < -0.4 is 5.32 Å². The van der Waals surface area contributed by atoms with Gasteiger partial charge in [-0.3, -0.25) is 9.78 Å². The fourth-order valence-electron chi connectivity index (χ4n) is 3.17. The summed E-state index contributed by atoms with van der Waals surface area (Å²) in [7, 11) is 0. The number of pyridine rings is 2. The highest BCUT2D eigenvalue weighted by Gasteiger charge is 2.17. The summed E-state index contributed by atoms with van der Waals surface area (Å²) < 4.78 is 0. The molecule has 4 aromatic rings. The fourth-order valence-corrected chi connectivity index (χ4v) is 3.80. The summed E-state index contributed by atoms with van der Waals surface area (Å²) in [5, 5.41) is 4.64. The first-order chi connectivity index (χ1) is 14.5. The lowest BCUT2D eigenvalue weighted by molar-refractivity contribution is 0.0955. The van der Waals surface area contributed by atoms with Crippen LogP contribution in [0.3, 0.4) is 0 Å². The molecule has 4 nitrogen and oxygen atoms in total. The molecule has 0 atom stereocenters. The van der Waals surface area contributed by atoms with Crippen molar-refractivity contribution in [1.29, 1.82) is 0 Å². The minimum absolute atomic E-state index is 0. The Bertz CT molecular complexity index is 1230. The SMILES string of the molecule is Cl.O=C(NCCc1ccccn1)c1cc(-c2ccc(Cl)c(Cl)c2Cl)nc2ccccc12. The van der Waals surface area contributed by atoms with Crippen LogP contribution in [0.15, 0.2) is 66.9 Å². The van der Waals surface area contributed by atoms with Gasteiger partial charge in [-0.05, 0) is 36.4 Å². The Balaban J connectivity index is 0.00000272. The van der Waals surface area contributed by atoms with Crippen LogP contribution in [0.2, 0.25) is 15.1 Å². The average Bonchev–Trinajstić information content (AvgIpc) is 2.77. The monoisotopic (exact) mass is 491 g/mol. The Morgan fingerprint density at radius 2 is 1.71 bits per heavy atom. The van der Waals surface area contributed by atoms with E-state index in [4.69, 9.17) is 34.8 Å². The molecule has 0 saturated carbocycles. The number of hydrogen-bond donors (Lipinski definition) is 1. The summed E-state index contributed by atoms with van der Waals surface area (Å²) in [5.74, 6) is -0.193. The molecule has 8 heteroatoms. The molecule has 4 rings (SSSR count). The van der Waals surface area contributed by atoms with E-state index in [2.05, 4.69) is 15.3 Å². The van der Waals surface area contributed by atoms with Gasteiger partial charge < -0.3 is 5.32 Å². The lowest BCUT2D eigenvalue weighted by atomic mass is 10.0.